The summed E-state index contributed by atoms with van der Waals surface area (Å²) in [7, 11) is 0. The van der Waals surface area contributed by atoms with E-state index in [1.807, 2.05) is 13.0 Å². The van der Waals surface area contributed by atoms with Crippen molar-refractivity contribution in [1.82, 2.24) is 9.97 Å². The van der Waals surface area contributed by atoms with Crippen LogP contribution in [0.2, 0.25) is 0 Å². The molecule has 4 heteroatoms. The largest absolute Gasteiger partial charge is 0.473 e. The van der Waals surface area contributed by atoms with Gasteiger partial charge in [0.05, 0.1) is 0 Å². The van der Waals surface area contributed by atoms with E-state index in [1.165, 1.54) is 12.8 Å². The van der Waals surface area contributed by atoms with Crippen LogP contribution in [-0.2, 0) is 6.42 Å². The predicted molar refractivity (Wildman–Crippen MR) is 67.0 cm³/mol. The third-order valence-corrected chi connectivity index (χ3v) is 3.26. The molecule has 0 aromatic carbocycles. The molecule has 94 valence electrons. The molecule has 0 aliphatic heterocycles. The molecule has 4 nitrogen and oxygen atoms in total. The Morgan fingerprint density at radius 3 is 2.82 bits per heavy atom. The van der Waals surface area contributed by atoms with Gasteiger partial charge in [0.2, 0.25) is 5.88 Å². The fourth-order valence-electron chi connectivity index (χ4n) is 2.27. The van der Waals surface area contributed by atoms with Crippen LogP contribution >= 0.6 is 0 Å². The number of hydrogen-bond acceptors (Lipinski definition) is 4. The lowest BCUT2D eigenvalue weighted by Crippen LogP contribution is -2.41. The van der Waals surface area contributed by atoms with E-state index in [0.29, 0.717) is 5.88 Å². The monoisotopic (exact) mass is 235 g/mol. The fraction of sp³-hybridized carbons (Fsp3) is 0.692. The molecule has 1 saturated carbocycles. The zero-order chi connectivity index (χ0) is 12.3. The molecule has 1 fully saturated rings. The minimum absolute atomic E-state index is 0.114. The van der Waals surface area contributed by atoms with Crippen molar-refractivity contribution in [2.24, 2.45) is 5.73 Å². The lowest BCUT2D eigenvalue weighted by molar-refractivity contribution is 0.126. The van der Waals surface area contributed by atoms with Crippen molar-refractivity contribution in [1.29, 1.82) is 0 Å². The van der Waals surface area contributed by atoms with Crippen LogP contribution in [-0.4, -0.2) is 22.1 Å². The number of aryl methyl sites for hydroxylation is 2. The van der Waals surface area contributed by atoms with Crippen molar-refractivity contribution < 1.29 is 4.74 Å². The van der Waals surface area contributed by atoms with Crippen LogP contribution in [0.3, 0.4) is 0 Å². The van der Waals surface area contributed by atoms with Gasteiger partial charge in [0, 0.05) is 17.8 Å². The van der Waals surface area contributed by atoms with E-state index < -0.39 is 0 Å². The third kappa shape index (κ3) is 3.16. The zero-order valence-electron chi connectivity index (χ0n) is 10.6. The molecule has 0 spiro atoms. The van der Waals surface area contributed by atoms with Crippen LogP contribution in [0.25, 0.3) is 0 Å². The molecule has 0 radical (unpaired) electrons. The van der Waals surface area contributed by atoms with E-state index in [1.54, 1.807) is 0 Å². The topological polar surface area (TPSA) is 61.0 Å². The normalized spacial score (nSPS) is 24.6. The number of ether oxygens (including phenoxy) is 1. The molecule has 2 unspecified atom stereocenters. The van der Waals surface area contributed by atoms with Crippen molar-refractivity contribution in [3.8, 4) is 5.88 Å². The van der Waals surface area contributed by atoms with Crippen LogP contribution < -0.4 is 10.5 Å². The van der Waals surface area contributed by atoms with Gasteiger partial charge in [-0.05, 0) is 32.6 Å². The van der Waals surface area contributed by atoms with E-state index in [9.17, 15) is 0 Å². The van der Waals surface area contributed by atoms with Gasteiger partial charge in [-0.3, -0.25) is 0 Å². The molecule has 1 aliphatic rings. The average Bonchev–Trinajstić information content (AvgIpc) is 2.31. The molecule has 1 aromatic heterocycles. The molecular formula is C13H21N3O. The summed E-state index contributed by atoms with van der Waals surface area (Å²) in [6.07, 6.45) is 5.51. The van der Waals surface area contributed by atoms with Crippen molar-refractivity contribution in [2.75, 3.05) is 0 Å². The summed E-state index contributed by atoms with van der Waals surface area (Å²) in [6, 6.07) is 2.07. The van der Waals surface area contributed by atoms with E-state index in [2.05, 4.69) is 16.9 Å². The highest BCUT2D eigenvalue weighted by Crippen LogP contribution is 2.22. The first-order valence-corrected chi connectivity index (χ1v) is 6.46. The standard InChI is InChI=1S/C13H21N3O/c1-3-10-8-13(16-9(2)15-10)17-12-7-5-4-6-11(12)14/h8,11-12H,3-7,14H2,1-2H3. The second-order valence-corrected chi connectivity index (χ2v) is 4.70. The van der Waals surface area contributed by atoms with Gasteiger partial charge in [-0.15, -0.1) is 0 Å². The lowest BCUT2D eigenvalue weighted by Gasteiger charge is -2.28. The van der Waals surface area contributed by atoms with E-state index >= 15 is 0 Å². The van der Waals surface area contributed by atoms with Gasteiger partial charge >= 0.3 is 0 Å². The van der Waals surface area contributed by atoms with Crippen LogP contribution in [0.4, 0.5) is 0 Å². The summed E-state index contributed by atoms with van der Waals surface area (Å²) in [4.78, 5) is 8.66. The van der Waals surface area contributed by atoms with Gasteiger partial charge < -0.3 is 10.5 Å². The number of nitrogens with zero attached hydrogens (tertiary/aromatic N) is 2. The molecule has 0 bridgehead atoms. The molecule has 1 aromatic rings. The molecule has 17 heavy (non-hydrogen) atoms. The Morgan fingerprint density at radius 1 is 1.35 bits per heavy atom. The van der Waals surface area contributed by atoms with E-state index in [0.717, 1.165) is 30.8 Å². The fourth-order valence-corrected chi connectivity index (χ4v) is 2.27. The zero-order valence-corrected chi connectivity index (χ0v) is 10.6. The highest BCUT2D eigenvalue weighted by atomic mass is 16.5. The molecule has 2 N–H and O–H groups in total. The number of nitrogens with two attached hydrogens (primary N) is 1. The molecule has 2 atom stereocenters. The number of hydrogen-bond donors (Lipinski definition) is 1. The lowest BCUT2D eigenvalue weighted by atomic mass is 9.93. The van der Waals surface area contributed by atoms with E-state index in [4.69, 9.17) is 10.5 Å². The Morgan fingerprint density at radius 2 is 2.12 bits per heavy atom. The molecule has 0 amide bonds. The first-order chi connectivity index (χ1) is 8.19. The van der Waals surface area contributed by atoms with Crippen molar-refractivity contribution in [3.63, 3.8) is 0 Å². The second kappa shape index (κ2) is 5.45. The summed E-state index contributed by atoms with van der Waals surface area (Å²) in [5.74, 6) is 1.44. The Bertz CT molecular complexity index is 381. The van der Waals surface area contributed by atoms with Crippen LogP contribution in [0, 0.1) is 6.92 Å². The van der Waals surface area contributed by atoms with Crippen molar-refractivity contribution >= 4 is 0 Å². The maximum absolute atomic E-state index is 6.07. The molecule has 2 rings (SSSR count). The summed E-state index contributed by atoms with van der Waals surface area (Å²) in [5.41, 5.74) is 7.09. The van der Waals surface area contributed by atoms with Gasteiger partial charge in [0.1, 0.15) is 11.9 Å². The average molecular weight is 235 g/mol. The maximum Gasteiger partial charge on any atom is 0.217 e. The minimum Gasteiger partial charge on any atom is -0.473 e. The first-order valence-electron chi connectivity index (χ1n) is 6.46. The Balaban J connectivity index is 2.09. The number of aromatic nitrogens is 2. The Labute approximate surface area is 103 Å². The minimum atomic E-state index is 0.114. The van der Waals surface area contributed by atoms with Gasteiger partial charge in [-0.2, -0.15) is 4.98 Å². The smallest absolute Gasteiger partial charge is 0.217 e. The van der Waals surface area contributed by atoms with Crippen molar-refractivity contribution in [2.45, 2.75) is 58.1 Å². The third-order valence-electron chi connectivity index (χ3n) is 3.26. The first kappa shape index (κ1) is 12.3. The molecule has 1 heterocycles. The SMILES string of the molecule is CCc1cc(OC2CCCCC2N)nc(C)n1. The van der Waals surface area contributed by atoms with Crippen LogP contribution in [0.15, 0.2) is 6.07 Å². The maximum atomic E-state index is 6.07. The summed E-state index contributed by atoms with van der Waals surface area (Å²) in [6.45, 7) is 3.98. The van der Waals surface area contributed by atoms with Gasteiger partial charge in [-0.25, -0.2) is 4.98 Å². The summed E-state index contributed by atoms with van der Waals surface area (Å²) >= 11 is 0. The quantitative estimate of drug-likeness (QED) is 0.870. The Kier molecular flexibility index (Phi) is 3.94. The predicted octanol–water partition coefficient (Wildman–Crippen LogP) is 2.00. The number of rotatable bonds is 3. The molecular weight excluding hydrogens is 214 g/mol. The van der Waals surface area contributed by atoms with Crippen LogP contribution in [0.5, 0.6) is 5.88 Å². The summed E-state index contributed by atoms with van der Waals surface area (Å²) < 4.78 is 5.91. The second-order valence-electron chi connectivity index (χ2n) is 4.70. The van der Waals surface area contributed by atoms with Gasteiger partial charge in [-0.1, -0.05) is 13.3 Å². The van der Waals surface area contributed by atoms with Crippen LogP contribution in [0.1, 0.15) is 44.1 Å². The Hall–Kier alpha value is -1.16. The van der Waals surface area contributed by atoms with Gasteiger partial charge in [0.15, 0.2) is 0 Å². The van der Waals surface area contributed by atoms with Crippen molar-refractivity contribution in [3.05, 3.63) is 17.6 Å². The molecule has 0 saturated heterocycles. The van der Waals surface area contributed by atoms with E-state index in [-0.39, 0.29) is 12.1 Å². The molecule has 1 aliphatic carbocycles. The highest BCUT2D eigenvalue weighted by Gasteiger charge is 2.23. The van der Waals surface area contributed by atoms with Gasteiger partial charge in [0.25, 0.3) is 0 Å². The summed E-state index contributed by atoms with van der Waals surface area (Å²) in [5, 5.41) is 0. The highest BCUT2D eigenvalue weighted by molar-refractivity contribution is 5.16.